The molecule has 2 nitrogen and oxygen atoms in total. The van der Waals surface area contributed by atoms with Crippen LogP contribution in [0.15, 0.2) is 0 Å². The van der Waals surface area contributed by atoms with E-state index in [0.717, 1.165) is 13.1 Å². The summed E-state index contributed by atoms with van der Waals surface area (Å²) in [5.74, 6) is 7.82. The molecule has 1 heterocycles. The number of rotatable bonds is 0. The van der Waals surface area contributed by atoms with Crippen molar-refractivity contribution < 1.29 is 0 Å². The molecule has 0 unspecified atom stereocenters. The Balaban J connectivity index is 2.00. The van der Waals surface area contributed by atoms with Gasteiger partial charge < -0.3 is 10.6 Å². The molecule has 0 aromatic carbocycles. The molecule has 1 fully saturated rings. The van der Waals surface area contributed by atoms with Gasteiger partial charge in [-0.2, -0.15) is 35.3 Å². The molecule has 0 amide bonds. The zero-order valence-electron chi connectivity index (χ0n) is 10.0. The van der Waals surface area contributed by atoms with Gasteiger partial charge in [-0.15, -0.1) is 0 Å². The monoisotopic (exact) mass is 280 g/mol. The van der Waals surface area contributed by atoms with Crippen LogP contribution in [0.3, 0.4) is 0 Å². The van der Waals surface area contributed by atoms with Crippen LogP contribution in [-0.2, 0) is 0 Å². The average molecular weight is 281 g/mol. The molecule has 16 heavy (non-hydrogen) atoms. The molecule has 0 spiro atoms. The first-order valence-corrected chi connectivity index (χ1v) is 9.61. The highest BCUT2D eigenvalue weighted by atomic mass is 32.2. The summed E-state index contributed by atoms with van der Waals surface area (Å²) < 4.78 is 0. The van der Waals surface area contributed by atoms with E-state index in [0.29, 0.717) is 0 Å². The van der Waals surface area contributed by atoms with E-state index in [1.165, 1.54) is 54.0 Å². The molecule has 0 bridgehead atoms. The minimum absolute atomic E-state index is 1.16. The lowest BCUT2D eigenvalue weighted by molar-refractivity contribution is 0.622. The zero-order valence-corrected chi connectivity index (χ0v) is 12.5. The van der Waals surface area contributed by atoms with Crippen LogP contribution in [0, 0.1) is 0 Å². The van der Waals surface area contributed by atoms with Gasteiger partial charge in [0.15, 0.2) is 0 Å². The second-order valence-corrected chi connectivity index (χ2v) is 7.36. The lowest BCUT2D eigenvalue weighted by Crippen LogP contribution is -2.25. The lowest BCUT2D eigenvalue weighted by Gasteiger charge is -2.08. The fourth-order valence-electron chi connectivity index (χ4n) is 1.42. The first-order valence-electron chi connectivity index (χ1n) is 6.15. The summed E-state index contributed by atoms with van der Waals surface area (Å²) in [4.78, 5) is 0. The summed E-state index contributed by atoms with van der Waals surface area (Å²) >= 11 is 6.27. The Hall–Kier alpha value is 0.970. The summed E-state index contributed by atoms with van der Waals surface area (Å²) in [7, 11) is 0. The van der Waals surface area contributed by atoms with Crippen LogP contribution >= 0.6 is 35.3 Å². The molecule has 1 aliphatic rings. The molecule has 0 atom stereocenters. The molecule has 0 aromatic heterocycles. The fourth-order valence-corrected chi connectivity index (χ4v) is 4.49. The molecule has 0 saturated carbocycles. The fraction of sp³-hybridized carbons (Fsp3) is 1.00. The van der Waals surface area contributed by atoms with Crippen LogP contribution < -0.4 is 10.6 Å². The minimum Gasteiger partial charge on any atom is -0.316 e. The van der Waals surface area contributed by atoms with Gasteiger partial charge in [0.25, 0.3) is 0 Å². The van der Waals surface area contributed by atoms with Gasteiger partial charge in [-0.05, 0) is 19.5 Å². The molecular formula is C11H24N2S3. The Kier molecular flexibility index (Phi) is 11.7. The third-order valence-corrected chi connectivity index (χ3v) is 5.77. The van der Waals surface area contributed by atoms with Gasteiger partial charge in [-0.3, -0.25) is 0 Å². The second kappa shape index (κ2) is 12.4. The number of hydrogen-bond acceptors (Lipinski definition) is 5. The number of nitrogens with one attached hydrogen (secondary N) is 2. The molecule has 0 radical (unpaired) electrons. The van der Waals surface area contributed by atoms with E-state index in [1.807, 2.05) is 0 Å². The van der Waals surface area contributed by atoms with E-state index < -0.39 is 0 Å². The largest absolute Gasteiger partial charge is 0.316 e. The highest BCUT2D eigenvalue weighted by molar-refractivity contribution is 8.04. The first kappa shape index (κ1) is 15.0. The molecule has 1 saturated heterocycles. The average Bonchev–Trinajstić information content (AvgIpc) is 2.29. The van der Waals surface area contributed by atoms with Crippen molar-refractivity contribution in [3.63, 3.8) is 0 Å². The van der Waals surface area contributed by atoms with Gasteiger partial charge in [0.05, 0.1) is 0 Å². The number of thioether (sulfide) groups is 3. The Bertz CT molecular complexity index is 83.2. The minimum atomic E-state index is 1.16. The van der Waals surface area contributed by atoms with Crippen molar-refractivity contribution in [2.75, 3.05) is 60.7 Å². The van der Waals surface area contributed by atoms with Gasteiger partial charge in [-0.1, -0.05) is 0 Å². The van der Waals surface area contributed by atoms with E-state index in [-0.39, 0.29) is 0 Å². The van der Waals surface area contributed by atoms with E-state index in [9.17, 15) is 0 Å². The quantitative estimate of drug-likeness (QED) is 0.704. The van der Waals surface area contributed by atoms with Crippen molar-refractivity contribution in [2.24, 2.45) is 0 Å². The Labute approximate surface area is 113 Å². The van der Waals surface area contributed by atoms with Crippen molar-refractivity contribution in [3.8, 4) is 0 Å². The van der Waals surface area contributed by atoms with E-state index >= 15 is 0 Å². The van der Waals surface area contributed by atoms with Crippen LogP contribution in [0.2, 0.25) is 0 Å². The predicted octanol–water partition coefficient (Wildman–Crippen LogP) is 1.77. The third kappa shape index (κ3) is 10.1. The first-order chi connectivity index (χ1) is 8.00. The lowest BCUT2D eigenvalue weighted by atomic mass is 10.4. The van der Waals surface area contributed by atoms with Crippen LogP contribution in [0.5, 0.6) is 0 Å². The smallest absolute Gasteiger partial charge is 0.00583 e. The van der Waals surface area contributed by atoms with E-state index in [2.05, 4.69) is 45.9 Å². The molecule has 1 rings (SSSR count). The maximum absolute atomic E-state index is 3.49. The SMILES string of the molecule is C1CNCCSCCSCCSCCNC1. The third-order valence-electron chi connectivity index (χ3n) is 2.30. The van der Waals surface area contributed by atoms with Gasteiger partial charge in [0.2, 0.25) is 0 Å². The predicted molar refractivity (Wildman–Crippen MR) is 82.3 cm³/mol. The molecule has 0 aromatic rings. The van der Waals surface area contributed by atoms with Crippen LogP contribution in [0.1, 0.15) is 6.42 Å². The van der Waals surface area contributed by atoms with Crippen LogP contribution in [0.25, 0.3) is 0 Å². The highest BCUT2D eigenvalue weighted by Crippen LogP contribution is 2.09. The molecule has 96 valence electrons. The maximum atomic E-state index is 3.49. The molecule has 2 N–H and O–H groups in total. The Morgan fingerprint density at radius 2 is 0.938 bits per heavy atom. The zero-order chi connectivity index (χ0) is 11.3. The van der Waals surface area contributed by atoms with Crippen molar-refractivity contribution in [1.29, 1.82) is 0 Å². The maximum Gasteiger partial charge on any atom is 0.00583 e. The second-order valence-electron chi connectivity index (χ2n) is 3.69. The van der Waals surface area contributed by atoms with Crippen molar-refractivity contribution in [3.05, 3.63) is 0 Å². The topological polar surface area (TPSA) is 24.1 Å². The molecule has 5 heteroatoms. The normalized spacial score (nSPS) is 24.0. The van der Waals surface area contributed by atoms with Crippen molar-refractivity contribution in [1.82, 2.24) is 10.6 Å². The summed E-state index contributed by atoms with van der Waals surface area (Å²) in [5, 5.41) is 6.99. The van der Waals surface area contributed by atoms with E-state index in [1.54, 1.807) is 0 Å². The van der Waals surface area contributed by atoms with Gasteiger partial charge >= 0.3 is 0 Å². The summed E-state index contributed by atoms with van der Waals surface area (Å²) in [6.07, 6.45) is 1.26. The summed E-state index contributed by atoms with van der Waals surface area (Å²) in [5.41, 5.74) is 0. The Morgan fingerprint density at radius 1 is 0.500 bits per heavy atom. The summed E-state index contributed by atoms with van der Waals surface area (Å²) in [6, 6.07) is 0. The summed E-state index contributed by atoms with van der Waals surface area (Å²) in [6.45, 7) is 4.67. The standard InChI is InChI=1S/C11H24N2S3/c1-2-12-4-6-14-8-10-16-11-9-15-7-5-13-3-1/h12-13H,1-11H2. The van der Waals surface area contributed by atoms with Gasteiger partial charge in [0, 0.05) is 47.6 Å². The van der Waals surface area contributed by atoms with Crippen molar-refractivity contribution >= 4 is 35.3 Å². The highest BCUT2D eigenvalue weighted by Gasteiger charge is 1.95. The number of hydrogen-bond donors (Lipinski definition) is 2. The van der Waals surface area contributed by atoms with Gasteiger partial charge in [-0.25, -0.2) is 0 Å². The molecule has 1 aliphatic heterocycles. The molecule has 0 aliphatic carbocycles. The van der Waals surface area contributed by atoms with Crippen LogP contribution in [-0.4, -0.2) is 60.7 Å². The molecular weight excluding hydrogens is 256 g/mol. The Morgan fingerprint density at radius 3 is 1.44 bits per heavy atom. The van der Waals surface area contributed by atoms with Crippen molar-refractivity contribution in [2.45, 2.75) is 6.42 Å². The van der Waals surface area contributed by atoms with Gasteiger partial charge in [0.1, 0.15) is 0 Å². The van der Waals surface area contributed by atoms with E-state index in [4.69, 9.17) is 0 Å². The van der Waals surface area contributed by atoms with Crippen LogP contribution in [0.4, 0.5) is 0 Å².